The predicted molar refractivity (Wildman–Crippen MR) is 208 cm³/mol. The van der Waals surface area contributed by atoms with E-state index in [1.165, 1.54) is 14.2 Å². The van der Waals surface area contributed by atoms with Gasteiger partial charge in [-0.1, -0.05) is 10.3 Å². The first kappa shape index (κ1) is 41.3. The van der Waals surface area contributed by atoms with Gasteiger partial charge >= 0.3 is 0 Å². The lowest BCUT2D eigenvalue weighted by molar-refractivity contribution is -0.116. The van der Waals surface area contributed by atoms with Gasteiger partial charge in [-0.15, -0.1) is 0 Å². The molecule has 6 atom stereocenters. The highest BCUT2D eigenvalue weighted by Gasteiger charge is 2.52. The summed E-state index contributed by atoms with van der Waals surface area (Å²) in [5, 5.41) is 56.0. The minimum Gasteiger partial charge on any atom is -0.495 e. The molecular formula is C31H30Br6N4O11. The van der Waals surface area contributed by atoms with E-state index in [9.17, 15) is 30.0 Å². The normalized spacial score (nSPS) is 26.5. The molecular weight excluding hydrogens is 1080 g/mol. The molecule has 21 heteroatoms. The molecule has 2 spiro atoms. The van der Waals surface area contributed by atoms with E-state index in [-0.39, 0.29) is 44.0 Å². The van der Waals surface area contributed by atoms with Gasteiger partial charge < -0.3 is 54.9 Å². The van der Waals surface area contributed by atoms with Crippen LogP contribution in [0.1, 0.15) is 24.5 Å². The van der Waals surface area contributed by atoms with Gasteiger partial charge in [0, 0.05) is 25.9 Å². The van der Waals surface area contributed by atoms with Crippen molar-refractivity contribution in [3.63, 3.8) is 0 Å². The molecule has 0 unspecified atom stereocenters. The van der Waals surface area contributed by atoms with Crippen molar-refractivity contribution in [3.05, 3.63) is 68.2 Å². The van der Waals surface area contributed by atoms with E-state index >= 15 is 0 Å². The number of aliphatic hydroxyl groups excluding tert-OH is 4. The standard InChI is InChI=1S/C31H30Br6N4O11/c1-48-24-16(34)5-30(26(44)21(24)36)7-18(40-51-30)28(46)38-9-13(42)11-50-23-14(32)3-12(4-15(23)33)20(43)10-39-29(47)19-8-31(52-41-19)6-17(35)25(49-2)22(37)27(31)45/h3-6,13,20,26-27,42-45H,7-11H2,1-2H3,(H,38,46)(H,39,47)/t13-,20-,26-,27+,30+,31+/m0/s1. The van der Waals surface area contributed by atoms with Gasteiger partial charge in [-0.2, -0.15) is 0 Å². The van der Waals surface area contributed by atoms with E-state index in [1.807, 2.05) is 0 Å². The van der Waals surface area contributed by atoms with Crippen molar-refractivity contribution in [1.29, 1.82) is 0 Å². The Labute approximate surface area is 347 Å². The van der Waals surface area contributed by atoms with Crippen molar-refractivity contribution >= 4 is 119 Å². The van der Waals surface area contributed by atoms with Crippen LogP contribution < -0.4 is 15.4 Å². The summed E-state index contributed by atoms with van der Waals surface area (Å²) in [5.41, 5.74) is -2.16. The number of hydrogen-bond acceptors (Lipinski definition) is 13. The summed E-state index contributed by atoms with van der Waals surface area (Å²) < 4.78 is 18.9. The number of halogens is 6. The Morgan fingerprint density at radius 2 is 1.27 bits per heavy atom. The number of carbonyl (C=O) groups is 2. The number of nitrogens with zero attached hydrogens (tertiary/aromatic N) is 2. The number of aliphatic hydroxyl groups is 4. The zero-order valence-electron chi connectivity index (χ0n) is 27.0. The number of carbonyl (C=O) groups excluding carboxylic acids is 2. The third kappa shape index (κ3) is 8.37. The molecule has 2 aliphatic carbocycles. The average Bonchev–Trinajstić information content (AvgIpc) is 3.73. The van der Waals surface area contributed by atoms with E-state index in [0.29, 0.717) is 49.7 Å². The van der Waals surface area contributed by atoms with Crippen molar-refractivity contribution in [2.45, 2.75) is 48.5 Å². The molecule has 2 aliphatic heterocycles. The molecule has 0 radical (unpaired) electrons. The summed E-state index contributed by atoms with van der Waals surface area (Å²) in [6.45, 7) is -0.560. The highest BCUT2D eigenvalue weighted by atomic mass is 79.9. The van der Waals surface area contributed by atoms with E-state index in [0.717, 1.165) is 0 Å². The highest BCUT2D eigenvalue weighted by molar-refractivity contribution is 9.12. The molecule has 15 nitrogen and oxygen atoms in total. The molecule has 6 N–H and O–H groups in total. The molecule has 2 amide bonds. The van der Waals surface area contributed by atoms with E-state index in [2.05, 4.69) is 117 Å². The number of hydrogen-bond donors (Lipinski definition) is 6. The summed E-state index contributed by atoms with van der Waals surface area (Å²) in [6.07, 6.45) is -1.53. The summed E-state index contributed by atoms with van der Waals surface area (Å²) in [6, 6.07) is 3.19. The second-order valence-electron chi connectivity index (χ2n) is 11.8. The summed E-state index contributed by atoms with van der Waals surface area (Å²) >= 11 is 20.2. The Balaban J connectivity index is 1.09. The number of rotatable bonds is 12. The lowest BCUT2D eigenvalue weighted by Gasteiger charge is -2.33. The van der Waals surface area contributed by atoms with Gasteiger partial charge in [-0.05, 0) is 125 Å². The summed E-state index contributed by atoms with van der Waals surface area (Å²) in [5.74, 6) is -0.0771. The fraction of sp³-hybridized carbons (Fsp3) is 0.419. The highest BCUT2D eigenvalue weighted by Crippen LogP contribution is 2.45. The molecule has 0 bridgehead atoms. The Kier molecular flexibility index (Phi) is 13.4. The average molecular weight is 1110 g/mol. The number of methoxy groups -OCH3 is 2. The van der Waals surface area contributed by atoms with Crippen molar-refractivity contribution in [2.75, 3.05) is 33.9 Å². The molecule has 0 saturated carbocycles. The quantitative estimate of drug-likeness (QED) is 0.176. The summed E-state index contributed by atoms with van der Waals surface area (Å²) in [4.78, 5) is 36.8. The zero-order chi connectivity index (χ0) is 38.1. The fourth-order valence-corrected chi connectivity index (χ4v) is 10.5. The minimum atomic E-state index is -1.32. The maximum Gasteiger partial charge on any atom is 0.269 e. The van der Waals surface area contributed by atoms with Crippen LogP contribution in [-0.2, 0) is 28.7 Å². The lowest BCUT2D eigenvalue weighted by atomic mass is 9.87. The van der Waals surface area contributed by atoms with Crippen LogP contribution in [0.4, 0.5) is 0 Å². The van der Waals surface area contributed by atoms with Crippen LogP contribution in [0.25, 0.3) is 0 Å². The van der Waals surface area contributed by atoms with Gasteiger partial charge in [0.1, 0.15) is 53.6 Å². The van der Waals surface area contributed by atoms with E-state index in [4.69, 9.17) is 23.9 Å². The minimum absolute atomic E-state index is 0.0225. The van der Waals surface area contributed by atoms with Gasteiger partial charge in [0.05, 0.1) is 47.2 Å². The summed E-state index contributed by atoms with van der Waals surface area (Å²) in [7, 11) is 2.91. The zero-order valence-corrected chi connectivity index (χ0v) is 36.5. The molecule has 0 fully saturated rings. The largest absolute Gasteiger partial charge is 0.495 e. The first-order chi connectivity index (χ1) is 24.6. The molecule has 4 aliphatic rings. The van der Waals surface area contributed by atoms with Gasteiger partial charge in [-0.3, -0.25) is 9.59 Å². The second-order valence-corrected chi connectivity index (χ2v) is 16.9. The van der Waals surface area contributed by atoms with Crippen LogP contribution in [0.15, 0.2) is 73.0 Å². The van der Waals surface area contributed by atoms with Crippen molar-refractivity contribution in [3.8, 4) is 5.75 Å². The number of nitrogens with one attached hydrogen (secondary N) is 2. The Morgan fingerprint density at radius 1 is 0.827 bits per heavy atom. The lowest BCUT2D eigenvalue weighted by Crippen LogP contribution is -2.45. The maximum absolute atomic E-state index is 12.9. The number of benzene rings is 1. The van der Waals surface area contributed by atoms with Gasteiger partial charge in [0.25, 0.3) is 11.8 Å². The Morgan fingerprint density at radius 3 is 1.71 bits per heavy atom. The Hall–Kier alpha value is -1.82. The SMILES string of the molecule is COC1=C(Br)[C@@H](O)[C@@]2(C=C1Br)CC(C(=O)NC[C@H](O)c1cc(Br)c(OC[C@@H](O)CNC(=O)C3=NO[C@]4(C=C(Br)C(OC)=C(Br)[C@@H]4O)C3)c(Br)c1)=NO2. The molecule has 0 aromatic heterocycles. The number of ether oxygens (including phenoxy) is 3. The van der Waals surface area contributed by atoms with Crippen molar-refractivity contribution in [2.24, 2.45) is 10.3 Å². The van der Waals surface area contributed by atoms with Crippen molar-refractivity contribution in [1.82, 2.24) is 10.6 Å². The van der Waals surface area contributed by atoms with E-state index in [1.54, 1.807) is 24.3 Å². The third-order valence-electron chi connectivity index (χ3n) is 8.27. The van der Waals surface area contributed by atoms with Crippen LogP contribution >= 0.6 is 95.6 Å². The van der Waals surface area contributed by atoms with Gasteiger partial charge in [0.15, 0.2) is 11.2 Å². The van der Waals surface area contributed by atoms with Crippen molar-refractivity contribution < 1.29 is 53.9 Å². The molecule has 1 aromatic carbocycles. The third-order valence-corrected chi connectivity index (χ3v) is 12.2. The number of allylic oxidation sites excluding steroid dienone is 2. The van der Waals surface area contributed by atoms with Crippen LogP contribution in [0.5, 0.6) is 5.75 Å². The fourth-order valence-electron chi connectivity index (χ4n) is 5.51. The van der Waals surface area contributed by atoms with Crippen LogP contribution in [0.3, 0.4) is 0 Å². The maximum atomic E-state index is 12.9. The first-order valence-corrected chi connectivity index (χ1v) is 19.9. The molecule has 1 aromatic rings. The van der Waals surface area contributed by atoms with Gasteiger partial charge in [0.2, 0.25) is 0 Å². The van der Waals surface area contributed by atoms with Gasteiger partial charge in [-0.25, -0.2) is 0 Å². The smallest absolute Gasteiger partial charge is 0.269 e. The number of amides is 2. The molecule has 5 rings (SSSR count). The number of oxime groups is 2. The monoisotopic (exact) mass is 1110 g/mol. The Bertz CT molecular complexity index is 1810. The molecule has 2 heterocycles. The van der Waals surface area contributed by atoms with Crippen LogP contribution in [0, 0.1) is 0 Å². The topological polar surface area (TPSA) is 210 Å². The first-order valence-electron chi connectivity index (χ1n) is 15.1. The van der Waals surface area contributed by atoms with Crippen LogP contribution in [0.2, 0.25) is 0 Å². The molecule has 0 saturated heterocycles. The second kappa shape index (κ2) is 16.9. The molecule has 52 heavy (non-hydrogen) atoms. The molecule has 282 valence electrons. The predicted octanol–water partition coefficient (Wildman–Crippen LogP) is 4.06. The van der Waals surface area contributed by atoms with E-state index < -0.39 is 47.4 Å². The van der Waals surface area contributed by atoms with Crippen LogP contribution in [-0.4, -0.2) is 107 Å².